The van der Waals surface area contributed by atoms with E-state index in [2.05, 4.69) is 31.4 Å². The van der Waals surface area contributed by atoms with Crippen molar-refractivity contribution in [1.29, 1.82) is 0 Å². The number of amides is 1. The summed E-state index contributed by atoms with van der Waals surface area (Å²) in [4.78, 5) is 23.8. The first kappa shape index (κ1) is 19.1. The number of carbonyl (C=O) groups excluding carboxylic acids is 1. The van der Waals surface area contributed by atoms with E-state index in [4.69, 9.17) is 0 Å². The van der Waals surface area contributed by atoms with Gasteiger partial charge in [0, 0.05) is 28.8 Å². The lowest BCUT2D eigenvalue weighted by Gasteiger charge is -2.08. The second-order valence-electron chi connectivity index (χ2n) is 5.68. The van der Waals surface area contributed by atoms with Gasteiger partial charge in [0.15, 0.2) is 5.16 Å². The fourth-order valence-electron chi connectivity index (χ4n) is 2.22. The molecule has 0 aliphatic rings. The van der Waals surface area contributed by atoms with Gasteiger partial charge in [0.05, 0.1) is 9.82 Å². The first-order valence-corrected chi connectivity index (χ1v) is 9.34. The molecule has 138 valence electrons. The van der Waals surface area contributed by atoms with Crippen LogP contribution >= 0.6 is 27.7 Å². The van der Waals surface area contributed by atoms with E-state index in [-0.39, 0.29) is 11.3 Å². The highest BCUT2D eigenvalue weighted by Crippen LogP contribution is 2.34. The van der Waals surface area contributed by atoms with Gasteiger partial charge in [-0.15, -0.1) is 10.2 Å². The standard InChI is InChI=1S/C17H14BrN5O3S/c1-10-3-5-12(8-13(10)18)20-16(24)11-4-6-15(14(7-11)23(25)26)27-17-21-19-9-22(17)2/h3-9H,1-2H3,(H,20,24). The number of hydrogen-bond donors (Lipinski definition) is 1. The van der Waals surface area contributed by atoms with Crippen LogP contribution in [0.2, 0.25) is 0 Å². The van der Waals surface area contributed by atoms with E-state index in [1.807, 2.05) is 13.0 Å². The molecular formula is C17H14BrN5O3S. The highest BCUT2D eigenvalue weighted by atomic mass is 79.9. The third-order valence-electron chi connectivity index (χ3n) is 3.72. The van der Waals surface area contributed by atoms with E-state index in [9.17, 15) is 14.9 Å². The second kappa shape index (κ2) is 7.89. The molecule has 0 aliphatic heterocycles. The Hall–Kier alpha value is -2.72. The monoisotopic (exact) mass is 447 g/mol. The van der Waals surface area contributed by atoms with E-state index < -0.39 is 10.8 Å². The average Bonchev–Trinajstić information content (AvgIpc) is 3.03. The number of rotatable bonds is 5. The van der Waals surface area contributed by atoms with Crippen molar-refractivity contribution in [2.75, 3.05) is 5.32 Å². The fourth-order valence-corrected chi connectivity index (χ4v) is 3.45. The van der Waals surface area contributed by atoms with Crippen molar-refractivity contribution in [3.63, 3.8) is 0 Å². The zero-order valence-corrected chi connectivity index (χ0v) is 16.7. The second-order valence-corrected chi connectivity index (χ2v) is 7.55. The molecule has 3 aromatic rings. The molecule has 1 N–H and O–H groups in total. The Balaban J connectivity index is 1.86. The number of nitro benzene ring substituents is 1. The maximum absolute atomic E-state index is 12.5. The third kappa shape index (κ3) is 4.34. The minimum Gasteiger partial charge on any atom is -0.322 e. The highest BCUT2D eigenvalue weighted by molar-refractivity contribution is 9.10. The molecule has 0 saturated heterocycles. The van der Waals surface area contributed by atoms with Crippen molar-refractivity contribution in [3.05, 3.63) is 68.4 Å². The van der Waals surface area contributed by atoms with Gasteiger partial charge in [0.1, 0.15) is 6.33 Å². The molecule has 3 rings (SSSR count). The number of hydrogen-bond acceptors (Lipinski definition) is 6. The predicted octanol–water partition coefficient (Wildman–Crippen LogP) is 4.20. The van der Waals surface area contributed by atoms with E-state index in [1.54, 1.807) is 29.8 Å². The Morgan fingerprint density at radius 2 is 2.07 bits per heavy atom. The van der Waals surface area contributed by atoms with Crippen LogP contribution < -0.4 is 5.32 Å². The molecule has 1 amide bonds. The molecule has 0 saturated carbocycles. The summed E-state index contributed by atoms with van der Waals surface area (Å²) in [6.07, 6.45) is 1.51. The van der Waals surface area contributed by atoms with Crippen LogP contribution in [0.3, 0.4) is 0 Å². The van der Waals surface area contributed by atoms with E-state index in [1.165, 1.54) is 18.5 Å². The Kier molecular flexibility index (Phi) is 5.57. The van der Waals surface area contributed by atoms with Crippen LogP contribution in [0.4, 0.5) is 11.4 Å². The summed E-state index contributed by atoms with van der Waals surface area (Å²) in [5.41, 5.74) is 1.66. The van der Waals surface area contributed by atoms with Crippen LogP contribution in [0, 0.1) is 17.0 Å². The van der Waals surface area contributed by atoms with Gasteiger partial charge in [0.25, 0.3) is 11.6 Å². The SMILES string of the molecule is Cc1ccc(NC(=O)c2ccc(Sc3nncn3C)c([N+](=O)[O-])c2)cc1Br. The van der Waals surface area contributed by atoms with Gasteiger partial charge in [-0.1, -0.05) is 22.0 Å². The molecule has 0 unspecified atom stereocenters. The molecule has 0 radical (unpaired) electrons. The van der Waals surface area contributed by atoms with Gasteiger partial charge in [-0.3, -0.25) is 14.9 Å². The van der Waals surface area contributed by atoms with Crippen LogP contribution in [-0.2, 0) is 7.05 Å². The first-order chi connectivity index (χ1) is 12.8. The maximum atomic E-state index is 12.5. The molecule has 1 aromatic heterocycles. The number of aryl methyl sites for hydroxylation is 2. The lowest BCUT2D eigenvalue weighted by Crippen LogP contribution is -2.12. The lowest BCUT2D eigenvalue weighted by molar-refractivity contribution is -0.387. The van der Waals surface area contributed by atoms with Crippen LogP contribution in [0.5, 0.6) is 0 Å². The molecule has 2 aromatic carbocycles. The molecule has 0 aliphatic carbocycles. The molecule has 0 atom stereocenters. The number of aromatic nitrogens is 3. The Morgan fingerprint density at radius 3 is 2.70 bits per heavy atom. The molecule has 0 bridgehead atoms. The third-order valence-corrected chi connectivity index (χ3v) is 5.69. The van der Waals surface area contributed by atoms with Gasteiger partial charge in [-0.05, 0) is 48.5 Å². The van der Waals surface area contributed by atoms with Crippen molar-refractivity contribution in [2.24, 2.45) is 7.05 Å². The number of benzene rings is 2. The number of nitrogens with one attached hydrogen (secondary N) is 1. The lowest BCUT2D eigenvalue weighted by atomic mass is 10.1. The van der Waals surface area contributed by atoms with Crippen LogP contribution in [0.1, 0.15) is 15.9 Å². The fraction of sp³-hybridized carbons (Fsp3) is 0.118. The number of carbonyl (C=O) groups is 1. The summed E-state index contributed by atoms with van der Waals surface area (Å²) in [7, 11) is 1.75. The minimum absolute atomic E-state index is 0.166. The molecular weight excluding hydrogens is 434 g/mol. The summed E-state index contributed by atoms with van der Waals surface area (Å²) in [5, 5.41) is 22.4. The zero-order chi connectivity index (χ0) is 19.6. The van der Waals surface area contributed by atoms with E-state index in [0.717, 1.165) is 21.8 Å². The van der Waals surface area contributed by atoms with E-state index in [0.29, 0.717) is 15.7 Å². The van der Waals surface area contributed by atoms with Crippen molar-refractivity contribution in [3.8, 4) is 0 Å². The van der Waals surface area contributed by atoms with Gasteiger partial charge < -0.3 is 9.88 Å². The zero-order valence-electron chi connectivity index (χ0n) is 14.3. The number of nitro groups is 1. The van der Waals surface area contributed by atoms with Crippen molar-refractivity contribution in [2.45, 2.75) is 17.0 Å². The molecule has 10 heteroatoms. The van der Waals surface area contributed by atoms with E-state index >= 15 is 0 Å². The summed E-state index contributed by atoms with van der Waals surface area (Å²) in [5.74, 6) is -0.427. The summed E-state index contributed by atoms with van der Waals surface area (Å²) in [6, 6.07) is 9.76. The van der Waals surface area contributed by atoms with Gasteiger partial charge in [0.2, 0.25) is 0 Å². The van der Waals surface area contributed by atoms with Crippen LogP contribution in [0.25, 0.3) is 0 Å². The summed E-state index contributed by atoms with van der Waals surface area (Å²) < 4.78 is 2.52. The van der Waals surface area contributed by atoms with Gasteiger partial charge in [-0.25, -0.2) is 0 Å². The highest BCUT2D eigenvalue weighted by Gasteiger charge is 2.20. The number of anilines is 1. The first-order valence-electron chi connectivity index (χ1n) is 7.73. The van der Waals surface area contributed by atoms with Crippen molar-refractivity contribution < 1.29 is 9.72 Å². The Morgan fingerprint density at radius 1 is 1.30 bits per heavy atom. The molecule has 0 spiro atoms. The smallest absolute Gasteiger partial charge is 0.284 e. The topological polar surface area (TPSA) is 103 Å². The summed E-state index contributed by atoms with van der Waals surface area (Å²) in [6.45, 7) is 1.94. The molecule has 0 fully saturated rings. The minimum atomic E-state index is -0.516. The average molecular weight is 448 g/mol. The quantitative estimate of drug-likeness (QED) is 0.464. The van der Waals surface area contributed by atoms with Crippen molar-refractivity contribution >= 4 is 45.0 Å². The van der Waals surface area contributed by atoms with Gasteiger partial charge in [-0.2, -0.15) is 0 Å². The molecule has 1 heterocycles. The number of nitrogens with zero attached hydrogens (tertiary/aromatic N) is 4. The molecule has 8 nitrogen and oxygen atoms in total. The predicted molar refractivity (Wildman–Crippen MR) is 105 cm³/mol. The normalized spacial score (nSPS) is 10.6. The summed E-state index contributed by atoms with van der Waals surface area (Å²) >= 11 is 4.52. The maximum Gasteiger partial charge on any atom is 0.284 e. The van der Waals surface area contributed by atoms with Gasteiger partial charge >= 0.3 is 0 Å². The number of halogens is 1. The van der Waals surface area contributed by atoms with Crippen LogP contribution in [-0.4, -0.2) is 25.6 Å². The largest absolute Gasteiger partial charge is 0.322 e. The van der Waals surface area contributed by atoms with Crippen LogP contribution in [0.15, 0.2) is 57.3 Å². The van der Waals surface area contributed by atoms with Crippen molar-refractivity contribution in [1.82, 2.24) is 14.8 Å². The Labute approximate surface area is 167 Å². The Bertz CT molecular complexity index is 1040. The molecule has 27 heavy (non-hydrogen) atoms.